The molecule has 0 saturated carbocycles. The second-order valence-corrected chi connectivity index (χ2v) is 8.59. The molecule has 2 amide bonds. The predicted octanol–water partition coefficient (Wildman–Crippen LogP) is 4.82. The third kappa shape index (κ3) is 7.94. The molecular formula is C25H34N2O3S. The van der Waals surface area contributed by atoms with Crippen molar-refractivity contribution < 1.29 is 14.3 Å². The van der Waals surface area contributed by atoms with Crippen LogP contribution in [0.1, 0.15) is 44.2 Å². The Bertz CT molecular complexity index is 839. The van der Waals surface area contributed by atoms with Crippen LogP contribution in [0.3, 0.4) is 0 Å². The maximum atomic E-state index is 13.3. The second-order valence-electron chi connectivity index (χ2n) is 7.54. The Labute approximate surface area is 190 Å². The molecule has 0 aliphatic rings. The number of aryl methyl sites for hydroxylation is 1. The number of benzene rings is 2. The zero-order chi connectivity index (χ0) is 22.6. The monoisotopic (exact) mass is 442 g/mol. The Hall–Kier alpha value is -2.47. The zero-order valence-electron chi connectivity index (χ0n) is 19.0. The number of thioether (sulfide) groups is 1. The second kappa shape index (κ2) is 13.1. The van der Waals surface area contributed by atoms with E-state index in [0.29, 0.717) is 19.5 Å². The molecule has 0 saturated heterocycles. The number of methoxy groups -OCH3 is 1. The molecule has 0 heterocycles. The molecule has 6 heteroatoms. The number of hydrogen-bond acceptors (Lipinski definition) is 4. The van der Waals surface area contributed by atoms with Gasteiger partial charge in [-0.2, -0.15) is 0 Å². The summed E-state index contributed by atoms with van der Waals surface area (Å²) in [5.41, 5.74) is 2.12. The quantitative estimate of drug-likeness (QED) is 0.378. The smallest absolute Gasteiger partial charge is 0.242 e. The van der Waals surface area contributed by atoms with Crippen molar-refractivity contribution in [2.75, 3.05) is 19.4 Å². The minimum Gasteiger partial charge on any atom is -0.497 e. The van der Waals surface area contributed by atoms with Gasteiger partial charge in [-0.15, -0.1) is 11.8 Å². The number of carbonyl (C=O) groups excluding carboxylic acids is 2. The summed E-state index contributed by atoms with van der Waals surface area (Å²) in [6.45, 7) is 7.07. The molecule has 0 unspecified atom stereocenters. The van der Waals surface area contributed by atoms with Gasteiger partial charge < -0.3 is 15.0 Å². The van der Waals surface area contributed by atoms with Crippen molar-refractivity contribution in [1.29, 1.82) is 0 Å². The number of carbonyl (C=O) groups is 2. The van der Waals surface area contributed by atoms with Crippen LogP contribution in [0.25, 0.3) is 0 Å². The van der Waals surface area contributed by atoms with Crippen LogP contribution < -0.4 is 10.1 Å². The minimum atomic E-state index is -0.505. The van der Waals surface area contributed by atoms with E-state index < -0.39 is 6.04 Å². The Morgan fingerprint density at radius 2 is 1.87 bits per heavy atom. The average Bonchev–Trinajstić information content (AvgIpc) is 2.78. The molecule has 0 aromatic heterocycles. The van der Waals surface area contributed by atoms with E-state index in [1.165, 1.54) is 17.3 Å². The number of amides is 2. The summed E-state index contributed by atoms with van der Waals surface area (Å²) in [6, 6.07) is 15.3. The summed E-state index contributed by atoms with van der Waals surface area (Å²) in [4.78, 5) is 28.9. The number of nitrogens with one attached hydrogen (secondary N) is 1. The highest BCUT2D eigenvalue weighted by atomic mass is 32.2. The van der Waals surface area contributed by atoms with Crippen LogP contribution in [0.2, 0.25) is 0 Å². The Kier molecular flexibility index (Phi) is 10.4. The van der Waals surface area contributed by atoms with E-state index in [1.807, 2.05) is 62.4 Å². The lowest BCUT2D eigenvalue weighted by atomic mass is 10.1. The van der Waals surface area contributed by atoms with Crippen LogP contribution >= 0.6 is 11.8 Å². The van der Waals surface area contributed by atoms with Crippen LogP contribution in [0.5, 0.6) is 5.75 Å². The Morgan fingerprint density at radius 1 is 1.13 bits per heavy atom. The standard InChI is InChI=1S/C25H34N2O3S/c1-5-7-15-26-25(29)23(6-2)27(17-20-9-8-10-21(16-20)30-4)24(28)18-31-22-13-11-19(3)12-14-22/h8-14,16,23H,5-7,15,17-18H2,1-4H3,(H,26,29)/t23-/m0/s1. The van der Waals surface area contributed by atoms with E-state index in [-0.39, 0.29) is 17.6 Å². The summed E-state index contributed by atoms with van der Waals surface area (Å²) in [7, 11) is 1.62. The maximum absolute atomic E-state index is 13.3. The molecule has 2 aromatic carbocycles. The number of unbranched alkanes of at least 4 members (excludes halogenated alkanes) is 1. The molecular weight excluding hydrogens is 408 g/mol. The van der Waals surface area contributed by atoms with Crippen LogP contribution in [-0.4, -0.2) is 42.2 Å². The van der Waals surface area contributed by atoms with Gasteiger partial charge in [0.25, 0.3) is 0 Å². The van der Waals surface area contributed by atoms with Gasteiger partial charge >= 0.3 is 0 Å². The van der Waals surface area contributed by atoms with E-state index in [9.17, 15) is 9.59 Å². The van der Waals surface area contributed by atoms with E-state index in [2.05, 4.69) is 12.2 Å². The van der Waals surface area contributed by atoms with Crippen molar-refractivity contribution in [1.82, 2.24) is 10.2 Å². The molecule has 0 fully saturated rings. The largest absolute Gasteiger partial charge is 0.497 e. The van der Waals surface area contributed by atoms with Gasteiger partial charge in [0.2, 0.25) is 11.8 Å². The molecule has 0 bridgehead atoms. The highest BCUT2D eigenvalue weighted by Gasteiger charge is 2.28. The Balaban J connectivity index is 2.18. The summed E-state index contributed by atoms with van der Waals surface area (Å²) in [5.74, 6) is 0.879. The number of ether oxygens (including phenoxy) is 1. The summed E-state index contributed by atoms with van der Waals surface area (Å²) in [5, 5.41) is 2.99. The highest BCUT2D eigenvalue weighted by Crippen LogP contribution is 2.22. The first-order valence-electron chi connectivity index (χ1n) is 10.9. The van der Waals surface area contributed by atoms with E-state index >= 15 is 0 Å². The molecule has 2 aromatic rings. The Morgan fingerprint density at radius 3 is 2.52 bits per heavy atom. The van der Waals surface area contributed by atoms with Crippen LogP contribution in [0.4, 0.5) is 0 Å². The molecule has 0 aliphatic carbocycles. The van der Waals surface area contributed by atoms with E-state index in [4.69, 9.17) is 4.74 Å². The maximum Gasteiger partial charge on any atom is 0.242 e. The van der Waals surface area contributed by atoms with Crippen molar-refractivity contribution in [3.8, 4) is 5.75 Å². The normalized spacial score (nSPS) is 11.6. The third-order valence-corrected chi connectivity index (χ3v) is 6.08. The first-order chi connectivity index (χ1) is 15.0. The van der Waals surface area contributed by atoms with Crippen molar-refractivity contribution in [3.05, 3.63) is 59.7 Å². The number of rotatable bonds is 12. The minimum absolute atomic E-state index is 0.0501. The van der Waals surface area contributed by atoms with Gasteiger partial charge in [-0.3, -0.25) is 9.59 Å². The molecule has 1 atom stereocenters. The van der Waals surface area contributed by atoms with Crippen LogP contribution in [0.15, 0.2) is 53.4 Å². The average molecular weight is 443 g/mol. The molecule has 0 radical (unpaired) electrons. The van der Waals surface area contributed by atoms with Gasteiger partial charge in [0.15, 0.2) is 0 Å². The SMILES string of the molecule is CCCCNC(=O)[C@H](CC)N(Cc1cccc(OC)c1)C(=O)CSc1ccc(C)cc1. The van der Waals surface area contributed by atoms with E-state index in [1.54, 1.807) is 12.0 Å². The number of hydrogen-bond donors (Lipinski definition) is 1. The lowest BCUT2D eigenvalue weighted by molar-refractivity contribution is -0.139. The van der Waals surface area contributed by atoms with Crippen molar-refractivity contribution >= 4 is 23.6 Å². The fourth-order valence-electron chi connectivity index (χ4n) is 3.26. The van der Waals surface area contributed by atoms with Crippen LogP contribution in [-0.2, 0) is 16.1 Å². The molecule has 31 heavy (non-hydrogen) atoms. The molecule has 1 N–H and O–H groups in total. The zero-order valence-corrected chi connectivity index (χ0v) is 19.8. The van der Waals surface area contributed by atoms with Crippen molar-refractivity contribution in [2.45, 2.75) is 57.5 Å². The lowest BCUT2D eigenvalue weighted by Crippen LogP contribution is -2.49. The predicted molar refractivity (Wildman–Crippen MR) is 127 cm³/mol. The topological polar surface area (TPSA) is 58.6 Å². The summed E-state index contributed by atoms with van der Waals surface area (Å²) < 4.78 is 5.32. The molecule has 5 nitrogen and oxygen atoms in total. The van der Waals surface area contributed by atoms with Gasteiger partial charge in [0, 0.05) is 18.0 Å². The first kappa shape index (κ1) is 24.8. The molecule has 0 spiro atoms. The molecule has 0 aliphatic heterocycles. The van der Waals surface area contributed by atoms with Gasteiger partial charge in [0.05, 0.1) is 12.9 Å². The highest BCUT2D eigenvalue weighted by molar-refractivity contribution is 8.00. The van der Waals surface area contributed by atoms with Crippen molar-refractivity contribution in [2.24, 2.45) is 0 Å². The lowest BCUT2D eigenvalue weighted by Gasteiger charge is -2.30. The summed E-state index contributed by atoms with van der Waals surface area (Å²) >= 11 is 1.50. The van der Waals surface area contributed by atoms with Crippen molar-refractivity contribution in [3.63, 3.8) is 0 Å². The molecule has 2 rings (SSSR count). The third-order valence-electron chi connectivity index (χ3n) is 5.09. The van der Waals surface area contributed by atoms with Gasteiger partial charge in [-0.25, -0.2) is 0 Å². The summed E-state index contributed by atoms with van der Waals surface area (Å²) in [6.07, 6.45) is 2.49. The van der Waals surface area contributed by atoms with Gasteiger partial charge in [0.1, 0.15) is 11.8 Å². The number of nitrogens with zero attached hydrogens (tertiary/aromatic N) is 1. The van der Waals surface area contributed by atoms with Crippen LogP contribution in [0, 0.1) is 6.92 Å². The van der Waals surface area contributed by atoms with Gasteiger partial charge in [-0.1, -0.05) is 50.1 Å². The van der Waals surface area contributed by atoms with Gasteiger partial charge in [-0.05, 0) is 49.6 Å². The fourth-order valence-corrected chi connectivity index (χ4v) is 4.04. The molecule has 168 valence electrons. The fraction of sp³-hybridized carbons (Fsp3) is 0.440. The first-order valence-corrected chi connectivity index (χ1v) is 11.9. The van der Waals surface area contributed by atoms with E-state index in [0.717, 1.165) is 29.1 Å².